The summed E-state index contributed by atoms with van der Waals surface area (Å²) in [5.74, 6) is -0.986. The van der Waals surface area contributed by atoms with Gasteiger partial charge in [0.1, 0.15) is 12.2 Å². The van der Waals surface area contributed by atoms with Crippen LogP contribution in [0.5, 0.6) is 0 Å². The first-order valence-electron chi connectivity index (χ1n) is 3.43. The minimum atomic E-state index is -1.63. The first-order chi connectivity index (χ1) is 5.57. The van der Waals surface area contributed by atoms with Crippen LogP contribution in [-0.4, -0.2) is 57.4 Å². The van der Waals surface area contributed by atoms with E-state index in [4.69, 9.17) is 20.4 Å². The third kappa shape index (κ3) is 1.42. The third-order valence-corrected chi connectivity index (χ3v) is 1.72. The highest BCUT2D eigenvalue weighted by Crippen LogP contribution is 2.18. The van der Waals surface area contributed by atoms with Crippen molar-refractivity contribution in [2.45, 2.75) is 24.4 Å². The van der Waals surface area contributed by atoms with Crippen LogP contribution in [0.15, 0.2) is 0 Å². The Labute approximate surface area is 68.0 Å². The highest BCUT2D eigenvalue weighted by atomic mass is 16.6. The Bertz CT molecular complexity index is 181. The van der Waals surface area contributed by atoms with Gasteiger partial charge in [-0.15, -0.1) is 0 Å². The van der Waals surface area contributed by atoms with Crippen molar-refractivity contribution in [3.8, 4) is 0 Å². The second kappa shape index (κ2) is 3.36. The molecule has 6 heteroatoms. The number of hydrogen-bond acceptors (Lipinski definition) is 6. The minimum absolute atomic E-state index is 0.637. The van der Waals surface area contributed by atoms with Gasteiger partial charge < -0.3 is 25.2 Å². The molecule has 0 amide bonds. The average molecular weight is 178 g/mol. The maximum atomic E-state index is 10.6. The Morgan fingerprint density at radius 2 is 2.08 bits per heavy atom. The van der Waals surface area contributed by atoms with E-state index in [0.717, 1.165) is 0 Å². The molecule has 4 N–H and O–H groups in total. The molecule has 4 atom stereocenters. The van der Waals surface area contributed by atoms with E-state index >= 15 is 0 Å². The van der Waals surface area contributed by atoms with Gasteiger partial charge in [0.15, 0.2) is 12.2 Å². The zero-order valence-corrected chi connectivity index (χ0v) is 6.12. The van der Waals surface area contributed by atoms with E-state index in [-0.39, 0.29) is 0 Å². The van der Waals surface area contributed by atoms with Crippen LogP contribution in [0, 0.1) is 0 Å². The zero-order valence-electron chi connectivity index (χ0n) is 6.12. The summed E-state index contributed by atoms with van der Waals surface area (Å²) in [5.41, 5.74) is 0. The third-order valence-electron chi connectivity index (χ3n) is 1.72. The predicted octanol–water partition coefficient (Wildman–Crippen LogP) is -3.01. The molecule has 0 bridgehead atoms. The Morgan fingerprint density at radius 1 is 1.50 bits per heavy atom. The van der Waals surface area contributed by atoms with E-state index in [1.165, 1.54) is 0 Å². The van der Waals surface area contributed by atoms with Gasteiger partial charge in [-0.2, -0.15) is 0 Å². The maximum absolute atomic E-state index is 10.6. The molecule has 70 valence electrons. The molecule has 0 saturated carbocycles. The first kappa shape index (κ1) is 9.40. The van der Waals surface area contributed by atoms with Crippen molar-refractivity contribution < 1.29 is 30.0 Å². The molecule has 0 radical (unpaired) electrons. The van der Waals surface area contributed by atoms with Crippen LogP contribution < -0.4 is 0 Å². The number of rotatable bonds is 2. The van der Waals surface area contributed by atoms with Crippen molar-refractivity contribution in [1.29, 1.82) is 0 Å². The summed E-state index contributed by atoms with van der Waals surface area (Å²) >= 11 is 0. The van der Waals surface area contributed by atoms with Gasteiger partial charge in [0.05, 0.1) is 6.61 Å². The molecule has 1 aliphatic rings. The number of cyclic esters (lactones) is 1. The molecule has 1 saturated heterocycles. The highest BCUT2D eigenvalue weighted by Gasteiger charge is 2.45. The van der Waals surface area contributed by atoms with E-state index < -0.39 is 37.0 Å². The summed E-state index contributed by atoms with van der Waals surface area (Å²) in [4.78, 5) is 10.6. The Kier molecular flexibility index (Phi) is 2.63. The summed E-state index contributed by atoms with van der Waals surface area (Å²) in [5, 5.41) is 35.3. The molecule has 1 fully saturated rings. The molecular formula is C6H10O6. The normalized spacial score (nSPS) is 38.0. The molecular weight excluding hydrogens is 168 g/mol. The second-order valence-electron chi connectivity index (χ2n) is 2.59. The van der Waals surface area contributed by atoms with Crippen LogP contribution in [0.2, 0.25) is 0 Å². The van der Waals surface area contributed by atoms with Gasteiger partial charge in [0.25, 0.3) is 0 Å². The largest absolute Gasteiger partial charge is 0.455 e. The SMILES string of the molecule is O=C1O[C@@H](C(O)CO)C(O)[C@H]1O. The monoisotopic (exact) mass is 178 g/mol. The predicted molar refractivity (Wildman–Crippen MR) is 35.0 cm³/mol. The fourth-order valence-corrected chi connectivity index (χ4v) is 1.00. The van der Waals surface area contributed by atoms with Gasteiger partial charge in [-0.25, -0.2) is 4.79 Å². The van der Waals surface area contributed by atoms with Gasteiger partial charge >= 0.3 is 5.97 Å². The van der Waals surface area contributed by atoms with Crippen molar-refractivity contribution in [3.63, 3.8) is 0 Å². The average Bonchev–Trinajstić information content (AvgIpc) is 2.32. The second-order valence-corrected chi connectivity index (χ2v) is 2.59. The van der Waals surface area contributed by atoms with Gasteiger partial charge in [0.2, 0.25) is 0 Å². The summed E-state index contributed by atoms with van der Waals surface area (Å²) < 4.78 is 4.39. The lowest BCUT2D eigenvalue weighted by atomic mass is 10.1. The molecule has 0 aromatic carbocycles. The van der Waals surface area contributed by atoms with Crippen LogP contribution in [0.1, 0.15) is 0 Å². The number of aliphatic hydroxyl groups excluding tert-OH is 4. The van der Waals surface area contributed by atoms with Crippen LogP contribution in [0.3, 0.4) is 0 Å². The Balaban J connectivity index is 2.64. The fourth-order valence-electron chi connectivity index (χ4n) is 1.00. The van der Waals surface area contributed by atoms with E-state index in [1.54, 1.807) is 0 Å². The Morgan fingerprint density at radius 3 is 2.42 bits per heavy atom. The maximum Gasteiger partial charge on any atom is 0.338 e. The minimum Gasteiger partial charge on any atom is -0.455 e. The van der Waals surface area contributed by atoms with Crippen molar-refractivity contribution in [1.82, 2.24) is 0 Å². The smallest absolute Gasteiger partial charge is 0.338 e. The number of ether oxygens (including phenoxy) is 1. The summed E-state index contributed by atoms with van der Waals surface area (Å²) in [6.45, 7) is -0.637. The topological polar surface area (TPSA) is 107 Å². The summed E-state index contributed by atoms with van der Waals surface area (Å²) in [6, 6.07) is 0. The van der Waals surface area contributed by atoms with E-state index in [2.05, 4.69) is 4.74 Å². The number of carbonyl (C=O) groups is 1. The van der Waals surface area contributed by atoms with Crippen LogP contribution >= 0.6 is 0 Å². The Hall–Kier alpha value is -0.690. The molecule has 1 rings (SSSR count). The van der Waals surface area contributed by atoms with Gasteiger partial charge in [-0.05, 0) is 0 Å². The van der Waals surface area contributed by atoms with Crippen LogP contribution in [-0.2, 0) is 9.53 Å². The summed E-state index contributed by atoms with van der Waals surface area (Å²) in [6.07, 6.45) is -5.70. The molecule has 1 heterocycles. The van der Waals surface area contributed by atoms with Gasteiger partial charge in [-0.1, -0.05) is 0 Å². The van der Waals surface area contributed by atoms with Crippen molar-refractivity contribution in [3.05, 3.63) is 0 Å². The van der Waals surface area contributed by atoms with Crippen molar-refractivity contribution in [2.75, 3.05) is 6.61 Å². The zero-order chi connectivity index (χ0) is 9.30. The molecule has 0 spiro atoms. The molecule has 6 nitrogen and oxygen atoms in total. The van der Waals surface area contributed by atoms with Crippen molar-refractivity contribution in [2.24, 2.45) is 0 Å². The van der Waals surface area contributed by atoms with Crippen molar-refractivity contribution >= 4 is 5.97 Å². The van der Waals surface area contributed by atoms with E-state index in [9.17, 15) is 4.79 Å². The van der Waals surface area contributed by atoms with E-state index in [1.807, 2.05) is 0 Å². The number of esters is 1. The molecule has 0 aliphatic carbocycles. The number of hydrogen-bond donors (Lipinski definition) is 4. The molecule has 0 aromatic rings. The molecule has 1 aliphatic heterocycles. The first-order valence-corrected chi connectivity index (χ1v) is 3.43. The quantitative estimate of drug-likeness (QED) is 0.335. The number of aliphatic hydroxyl groups is 4. The molecule has 2 unspecified atom stereocenters. The lowest BCUT2D eigenvalue weighted by Gasteiger charge is -2.17. The lowest BCUT2D eigenvalue weighted by Crippen LogP contribution is -2.40. The van der Waals surface area contributed by atoms with Crippen LogP contribution in [0.4, 0.5) is 0 Å². The van der Waals surface area contributed by atoms with Gasteiger partial charge in [-0.3, -0.25) is 0 Å². The number of carbonyl (C=O) groups excluding carboxylic acids is 1. The molecule has 0 aromatic heterocycles. The highest BCUT2D eigenvalue weighted by molar-refractivity contribution is 5.77. The fraction of sp³-hybridized carbons (Fsp3) is 0.833. The lowest BCUT2D eigenvalue weighted by molar-refractivity contribution is -0.151. The standard InChI is InChI=1S/C6H10O6/c7-1-2(8)5-3(9)4(10)6(11)12-5/h2-5,7-10H,1H2/t2?,3?,4-,5+/m1/s1. The van der Waals surface area contributed by atoms with Crippen LogP contribution in [0.25, 0.3) is 0 Å². The van der Waals surface area contributed by atoms with Gasteiger partial charge in [0, 0.05) is 0 Å². The van der Waals surface area contributed by atoms with E-state index in [0.29, 0.717) is 0 Å². The molecule has 12 heavy (non-hydrogen) atoms. The summed E-state index contributed by atoms with van der Waals surface area (Å²) in [7, 11) is 0.